The molecule has 0 aliphatic carbocycles. The fraction of sp³-hybridized carbons (Fsp3) is 0.889. The van der Waals surface area contributed by atoms with Crippen molar-refractivity contribution in [2.75, 3.05) is 13.2 Å². The van der Waals surface area contributed by atoms with Gasteiger partial charge in [0.2, 0.25) is 0 Å². The topological polar surface area (TPSA) is 38.3 Å². The maximum Gasteiger partial charge on any atom is 0.407 e. The molecule has 1 atom stereocenters. The second-order valence-electron chi connectivity index (χ2n) is 3.35. The molecular weight excluding hydrogens is 154 g/mol. The van der Waals surface area contributed by atoms with Crippen molar-refractivity contribution in [3.8, 4) is 0 Å². The summed E-state index contributed by atoms with van der Waals surface area (Å²) in [6.07, 6.45) is -0.315. The lowest BCUT2D eigenvalue weighted by molar-refractivity contribution is 0.120. The number of carbonyl (C=O) groups excluding carboxylic acids is 1. The number of hydrogen-bond acceptors (Lipinski definition) is 2. The van der Waals surface area contributed by atoms with Crippen LogP contribution >= 0.6 is 0 Å². The highest BCUT2D eigenvalue weighted by Gasteiger charge is 2.09. The van der Waals surface area contributed by atoms with E-state index in [2.05, 4.69) is 26.1 Å². The van der Waals surface area contributed by atoms with Gasteiger partial charge in [0, 0.05) is 6.54 Å². The van der Waals surface area contributed by atoms with Crippen LogP contribution in [0.25, 0.3) is 0 Å². The van der Waals surface area contributed by atoms with Crippen LogP contribution in [0.1, 0.15) is 27.7 Å². The van der Waals surface area contributed by atoms with Gasteiger partial charge in [-0.1, -0.05) is 20.8 Å². The maximum atomic E-state index is 10.8. The Labute approximate surface area is 74.5 Å². The van der Waals surface area contributed by atoms with Gasteiger partial charge >= 0.3 is 6.09 Å². The fourth-order valence-electron chi connectivity index (χ4n) is 0.595. The Morgan fingerprint density at radius 2 is 2.00 bits per heavy atom. The third-order valence-corrected chi connectivity index (χ3v) is 1.94. The lowest BCUT2D eigenvalue weighted by atomic mass is 10.00. The molecule has 72 valence electrons. The van der Waals surface area contributed by atoms with Gasteiger partial charge in [0.15, 0.2) is 0 Å². The third-order valence-electron chi connectivity index (χ3n) is 1.94. The number of carbonyl (C=O) groups is 1. The molecule has 0 aromatic carbocycles. The highest BCUT2D eigenvalue weighted by molar-refractivity contribution is 5.66. The van der Waals surface area contributed by atoms with Crippen molar-refractivity contribution >= 4 is 6.09 Å². The molecular formula is C9H19NO2. The van der Waals surface area contributed by atoms with Gasteiger partial charge in [0.05, 0.1) is 6.61 Å². The van der Waals surface area contributed by atoms with E-state index in [0.717, 1.165) is 0 Å². The van der Waals surface area contributed by atoms with Crippen molar-refractivity contribution in [3.05, 3.63) is 0 Å². The molecule has 3 heteroatoms. The van der Waals surface area contributed by atoms with E-state index in [9.17, 15) is 4.79 Å². The zero-order valence-electron chi connectivity index (χ0n) is 8.39. The van der Waals surface area contributed by atoms with E-state index in [-0.39, 0.29) is 6.09 Å². The summed E-state index contributed by atoms with van der Waals surface area (Å²) in [5.74, 6) is 0.979. The van der Waals surface area contributed by atoms with Gasteiger partial charge in [-0.3, -0.25) is 0 Å². The predicted octanol–water partition coefficient (Wildman–Crippen LogP) is 2.02. The molecule has 12 heavy (non-hydrogen) atoms. The van der Waals surface area contributed by atoms with E-state index < -0.39 is 0 Å². The summed E-state index contributed by atoms with van der Waals surface area (Å²) in [5, 5.41) is 2.58. The number of rotatable bonds is 4. The normalized spacial score (nSPS) is 12.8. The van der Waals surface area contributed by atoms with Gasteiger partial charge in [0.1, 0.15) is 0 Å². The van der Waals surface area contributed by atoms with Crippen LogP contribution in [0, 0.1) is 11.8 Å². The molecule has 0 heterocycles. The SMILES string of the molecule is CCNC(=O)OCC(C)C(C)C. The molecule has 0 aliphatic rings. The van der Waals surface area contributed by atoms with Crippen molar-refractivity contribution in [2.24, 2.45) is 11.8 Å². The van der Waals surface area contributed by atoms with Crippen molar-refractivity contribution in [2.45, 2.75) is 27.7 Å². The molecule has 1 N–H and O–H groups in total. The number of alkyl carbamates (subject to hydrolysis) is 1. The molecule has 0 fully saturated rings. The predicted molar refractivity (Wildman–Crippen MR) is 49.0 cm³/mol. The summed E-state index contributed by atoms with van der Waals surface area (Å²) in [5.41, 5.74) is 0. The molecule has 0 aliphatic heterocycles. The van der Waals surface area contributed by atoms with Crippen molar-refractivity contribution in [3.63, 3.8) is 0 Å². The van der Waals surface area contributed by atoms with Gasteiger partial charge in [-0.15, -0.1) is 0 Å². The lowest BCUT2D eigenvalue weighted by Gasteiger charge is -2.15. The van der Waals surface area contributed by atoms with Crippen LogP contribution in [-0.4, -0.2) is 19.2 Å². The van der Waals surface area contributed by atoms with E-state index in [0.29, 0.717) is 25.0 Å². The number of ether oxygens (including phenoxy) is 1. The average molecular weight is 173 g/mol. The standard InChI is InChI=1S/C9H19NO2/c1-5-10-9(11)12-6-8(4)7(2)3/h7-8H,5-6H2,1-4H3,(H,10,11). The smallest absolute Gasteiger partial charge is 0.407 e. The van der Waals surface area contributed by atoms with Crippen molar-refractivity contribution in [1.82, 2.24) is 5.32 Å². The van der Waals surface area contributed by atoms with Crippen LogP contribution in [0.5, 0.6) is 0 Å². The first-order valence-corrected chi connectivity index (χ1v) is 4.48. The Morgan fingerprint density at radius 1 is 1.42 bits per heavy atom. The van der Waals surface area contributed by atoms with Crippen molar-refractivity contribution < 1.29 is 9.53 Å². The van der Waals surface area contributed by atoms with Crippen LogP contribution in [0.15, 0.2) is 0 Å². The van der Waals surface area contributed by atoms with Gasteiger partial charge in [-0.05, 0) is 18.8 Å². The van der Waals surface area contributed by atoms with Gasteiger partial charge in [0.25, 0.3) is 0 Å². The molecule has 0 saturated heterocycles. The lowest BCUT2D eigenvalue weighted by Crippen LogP contribution is -2.26. The first-order valence-electron chi connectivity index (χ1n) is 4.48. The van der Waals surface area contributed by atoms with Crippen LogP contribution in [0.4, 0.5) is 4.79 Å². The highest BCUT2D eigenvalue weighted by atomic mass is 16.5. The van der Waals surface area contributed by atoms with E-state index >= 15 is 0 Å². The largest absolute Gasteiger partial charge is 0.449 e. The minimum absolute atomic E-state index is 0.315. The molecule has 0 aromatic rings. The minimum atomic E-state index is -0.315. The monoisotopic (exact) mass is 173 g/mol. The minimum Gasteiger partial charge on any atom is -0.449 e. The number of hydrogen-bond donors (Lipinski definition) is 1. The highest BCUT2D eigenvalue weighted by Crippen LogP contribution is 2.09. The van der Waals surface area contributed by atoms with Crippen LogP contribution in [-0.2, 0) is 4.74 Å². The molecule has 0 spiro atoms. The second kappa shape index (κ2) is 5.86. The molecule has 0 rings (SSSR count). The first-order chi connectivity index (χ1) is 5.57. The summed E-state index contributed by atoms with van der Waals surface area (Å²) in [6.45, 7) is 9.30. The zero-order chi connectivity index (χ0) is 9.56. The van der Waals surface area contributed by atoms with E-state index in [1.165, 1.54) is 0 Å². The van der Waals surface area contributed by atoms with Gasteiger partial charge in [-0.2, -0.15) is 0 Å². The molecule has 1 amide bonds. The van der Waals surface area contributed by atoms with Gasteiger partial charge in [-0.25, -0.2) is 4.79 Å². The fourth-order valence-corrected chi connectivity index (χ4v) is 0.595. The summed E-state index contributed by atoms with van der Waals surface area (Å²) in [4.78, 5) is 10.8. The van der Waals surface area contributed by atoms with Crippen LogP contribution < -0.4 is 5.32 Å². The summed E-state index contributed by atoms with van der Waals surface area (Å²) < 4.78 is 4.96. The molecule has 0 bridgehead atoms. The Kier molecular flexibility index (Phi) is 5.51. The Bertz CT molecular complexity index is 134. The number of amides is 1. The number of nitrogens with one attached hydrogen (secondary N) is 1. The van der Waals surface area contributed by atoms with Crippen molar-refractivity contribution in [1.29, 1.82) is 0 Å². The maximum absolute atomic E-state index is 10.8. The Hall–Kier alpha value is -0.730. The van der Waals surface area contributed by atoms with Gasteiger partial charge < -0.3 is 10.1 Å². The summed E-state index contributed by atoms with van der Waals surface area (Å²) in [6, 6.07) is 0. The van der Waals surface area contributed by atoms with Crippen LogP contribution in [0.3, 0.4) is 0 Å². The van der Waals surface area contributed by atoms with Crippen LogP contribution in [0.2, 0.25) is 0 Å². The molecule has 1 unspecified atom stereocenters. The Balaban J connectivity index is 3.47. The van der Waals surface area contributed by atoms with E-state index in [1.807, 2.05) is 6.92 Å². The molecule has 0 aromatic heterocycles. The first kappa shape index (κ1) is 11.3. The zero-order valence-corrected chi connectivity index (χ0v) is 8.39. The molecule has 0 radical (unpaired) electrons. The Morgan fingerprint density at radius 3 is 2.42 bits per heavy atom. The summed E-state index contributed by atoms with van der Waals surface area (Å²) in [7, 11) is 0. The molecule has 0 saturated carbocycles. The average Bonchev–Trinajstić information content (AvgIpc) is 2.00. The molecule has 3 nitrogen and oxygen atoms in total. The summed E-state index contributed by atoms with van der Waals surface area (Å²) >= 11 is 0. The second-order valence-corrected chi connectivity index (χ2v) is 3.35. The van der Waals surface area contributed by atoms with E-state index in [1.54, 1.807) is 0 Å². The third kappa shape index (κ3) is 4.99. The van der Waals surface area contributed by atoms with E-state index in [4.69, 9.17) is 4.74 Å². The quantitative estimate of drug-likeness (QED) is 0.706.